The summed E-state index contributed by atoms with van der Waals surface area (Å²) in [7, 11) is 0. The number of hydrogen-bond donors (Lipinski definition) is 1. The zero-order valence-electron chi connectivity index (χ0n) is 16.8. The maximum Gasteiger partial charge on any atom is 0.340 e. The third-order valence-electron chi connectivity index (χ3n) is 4.38. The number of pyridine rings is 1. The quantitative estimate of drug-likeness (QED) is 0.530. The molecule has 0 fully saturated rings. The fourth-order valence-electron chi connectivity index (χ4n) is 2.93. The van der Waals surface area contributed by atoms with E-state index in [0.29, 0.717) is 29.1 Å². The molecule has 1 amide bonds. The number of aromatic nitrogens is 3. The summed E-state index contributed by atoms with van der Waals surface area (Å²) in [4.78, 5) is 29.9. The number of aryl methyl sites for hydroxylation is 1. The van der Waals surface area contributed by atoms with Crippen LogP contribution in [0.1, 0.15) is 59.6 Å². The van der Waals surface area contributed by atoms with E-state index in [2.05, 4.69) is 31.3 Å². The fourth-order valence-corrected chi connectivity index (χ4v) is 3.29. The smallest absolute Gasteiger partial charge is 0.340 e. The van der Waals surface area contributed by atoms with Crippen LogP contribution in [0.25, 0.3) is 11.0 Å². The third-order valence-corrected chi connectivity index (χ3v) is 4.87. The highest BCUT2D eigenvalue weighted by Gasteiger charge is 2.19. The Balaban J connectivity index is 1.93. The highest BCUT2D eigenvalue weighted by molar-refractivity contribution is 9.10. The Labute approximate surface area is 177 Å². The normalized spacial score (nSPS) is 11.1. The Morgan fingerprint density at radius 1 is 1.24 bits per heavy atom. The summed E-state index contributed by atoms with van der Waals surface area (Å²) in [5.74, 6) is -0.826. The molecule has 0 saturated carbocycles. The van der Waals surface area contributed by atoms with Crippen LogP contribution in [0.15, 0.2) is 34.9 Å². The Morgan fingerprint density at radius 3 is 2.69 bits per heavy atom. The lowest BCUT2D eigenvalue weighted by Crippen LogP contribution is -2.18. The molecule has 29 heavy (non-hydrogen) atoms. The Morgan fingerprint density at radius 2 is 2.00 bits per heavy atom. The number of amides is 1. The first-order valence-corrected chi connectivity index (χ1v) is 10.2. The van der Waals surface area contributed by atoms with Gasteiger partial charge in [0.2, 0.25) is 0 Å². The topological polar surface area (TPSA) is 86.1 Å². The van der Waals surface area contributed by atoms with Gasteiger partial charge in [-0.15, -0.1) is 0 Å². The Hall–Kier alpha value is -2.74. The van der Waals surface area contributed by atoms with E-state index in [1.54, 1.807) is 37.4 Å². The molecular weight excluding hydrogens is 436 g/mol. The molecule has 3 rings (SSSR count). The third kappa shape index (κ3) is 4.48. The molecule has 2 aromatic heterocycles. The molecule has 1 aromatic carbocycles. The van der Waals surface area contributed by atoms with Crippen LogP contribution < -0.4 is 5.32 Å². The number of anilines is 1. The minimum Gasteiger partial charge on any atom is -0.462 e. The van der Waals surface area contributed by atoms with Gasteiger partial charge in [-0.3, -0.25) is 4.79 Å². The van der Waals surface area contributed by atoms with E-state index < -0.39 is 5.97 Å². The first-order valence-electron chi connectivity index (χ1n) is 9.44. The number of nitrogens with zero attached hydrogens (tertiary/aromatic N) is 3. The number of nitrogens with one attached hydrogen (secondary N) is 1. The average Bonchev–Trinajstić information content (AvgIpc) is 3.09. The highest BCUT2D eigenvalue weighted by Crippen LogP contribution is 2.24. The van der Waals surface area contributed by atoms with Crippen molar-refractivity contribution in [1.82, 2.24) is 14.8 Å². The lowest BCUT2D eigenvalue weighted by Gasteiger charge is -2.13. The zero-order valence-corrected chi connectivity index (χ0v) is 18.4. The molecule has 1 N–H and O–H groups in total. The molecular formula is C21H23BrN4O3. The van der Waals surface area contributed by atoms with Gasteiger partial charge in [-0.05, 0) is 51.5 Å². The standard InChI is InChI=1S/C21H23BrN4O3/c1-5-8-29-21(28)17-10-15(22)6-7-18(17)25-20(27)16-9-14-11-23-26(12(2)3)19(14)24-13(16)4/h6-7,9-12H,5,8H2,1-4H3,(H,25,27). The summed E-state index contributed by atoms with van der Waals surface area (Å²) in [6.07, 6.45) is 2.42. The van der Waals surface area contributed by atoms with Gasteiger partial charge in [-0.2, -0.15) is 5.10 Å². The van der Waals surface area contributed by atoms with Crippen LogP contribution in [0.5, 0.6) is 0 Å². The molecule has 0 radical (unpaired) electrons. The largest absolute Gasteiger partial charge is 0.462 e. The second-order valence-electron chi connectivity index (χ2n) is 7.00. The number of esters is 1. The SMILES string of the molecule is CCCOC(=O)c1cc(Br)ccc1NC(=O)c1cc2cnn(C(C)C)c2nc1C. The molecule has 8 heteroatoms. The van der Waals surface area contributed by atoms with E-state index in [1.165, 1.54) is 0 Å². The second-order valence-corrected chi connectivity index (χ2v) is 7.91. The molecule has 0 aliphatic heterocycles. The van der Waals surface area contributed by atoms with Crippen LogP contribution >= 0.6 is 15.9 Å². The van der Waals surface area contributed by atoms with Gasteiger partial charge < -0.3 is 10.1 Å². The molecule has 0 saturated heterocycles. The summed E-state index contributed by atoms with van der Waals surface area (Å²) < 4.78 is 7.77. The molecule has 0 unspecified atom stereocenters. The molecule has 0 bridgehead atoms. The molecule has 7 nitrogen and oxygen atoms in total. The van der Waals surface area contributed by atoms with Crippen LogP contribution in [0.2, 0.25) is 0 Å². The van der Waals surface area contributed by atoms with Gasteiger partial charge in [0.25, 0.3) is 5.91 Å². The van der Waals surface area contributed by atoms with Gasteiger partial charge in [0.05, 0.1) is 35.3 Å². The van der Waals surface area contributed by atoms with Crippen LogP contribution in [0, 0.1) is 6.92 Å². The van der Waals surface area contributed by atoms with Gasteiger partial charge in [-0.1, -0.05) is 22.9 Å². The van der Waals surface area contributed by atoms with E-state index in [9.17, 15) is 9.59 Å². The molecule has 0 aliphatic rings. The summed E-state index contributed by atoms with van der Waals surface area (Å²) in [6.45, 7) is 8.07. The summed E-state index contributed by atoms with van der Waals surface area (Å²) in [5.41, 5.74) is 2.43. The van der Waals surface area contributed by atoms with Gasteiger partial charge in [0.1, 0.15) is 0 Å². The van der Waals surface area contributed by atoms with Crippen LogP contribution in [0.4, 0.5) is 5.69 Å². The van der Waals surface area contributed by atoms with Gasteiger partial charge >= 0.3 is 5.97 Å². The van der Waals surface area contributed by atoms with Crippen molar-refractivity contribution in [2.75, 3.05) is 11.9 Å². The predicted octanol–water partition coefficient (Wildman–Crippen LogP) is 4.90. The maximum atomic E-state index is 13.0. The number of halogens is 1. The average molecular weight is 459 g/mol. The minimum absolute atomic E-state index is 0.165. The van der Waals surface area contributed by atoms with Crippen molar-refractivity contribution in [3.8, 4) is 0 Å². The van der Waals surface area contributed by atoms with Crippen molar-refractivity contribution < 1.29 is 14.3 Å². The van der Waals surface area contributed by atoms with Crippen molar-refractivity contribution in [2.24, 2.45) is 0 Å². The van der Waals surface area contributed by atoms with Crippen molar-refractivity contribution in [3.05, 3.63) is 51.8 Å². The van der Waals surface area contributed by atoms with Crippen molar-refractivity contribution in [1.29, 1.82) is 0 Å². The lowest BCUT2D eigenvalue weighted by molar-refractivity contribution is 0.0506. The number of benzene rings is 1. The number of rotatable bonds is 6. The number of hydrogen-bond acceptors (Lipinski definition) is 5. The molecule has 0 spiro atoms. The maximum absolute atomic E-state index is 13.0. The summed E-state index contributed by atoms with van der Waals surface area (Å²) in [5, 5.41) is 7.96. The lowest BCUT2D eigenvalue weighted by atomic mass is 10.1. The highest BCUT2D eigenvalue weighted by atomic mass is 79.9. The van der Waals surface area contributed by atoms with Crippen LogP contribution in [0.3, 0.4) is 0 Å². The Bertz CT molecular complexity index is 1080. The van der Waals surface area contributed by atoms with Crippen molar-refractivity contribution in [2.45, 2.75) is 40.2 Å². The second kappa shape index (κ2) is 8.73. The number of carbonyl (C=O) groups is 2. The molecule has 0 aliphatic carbocycles. The summed E-state index contributed by atoms with van der Waals surface area (Å²) >= 11 is 3.36. The van der Waals surface area contributed by atoms with E-state index in [-0.39, 0.29) is 11.9 Å². The number of ether oxygens (including phenoxy) is 1. The monoisotopic (exact) mass is 458 g/mol. The van der Waals surface area contributed by atoms with Crippen molar-refractivity contribution >= 4 is 44.5 Å². The zero-order chi connectivity index (χ0) is 21.1. The van der Waals surface area contributed by atoms with E-state index in [4.69, 9.17) is 4.74 Å². The first kappa shape index (κ1) is 21.0. The van der Waals surface area contributed by atoms with Crippen LogP contribution in [-0.2, 0) is 4.74 Å². The van der Waals surface area contributed by atoms with Gasteiger partial charge in [-0.25, -0.2) is 14.5 Å². The van der Waals surface area contributed by atoms with E-state index in [0.717, 1.165) is 21.9 Å². The van der Waals surface area contributed by atoms with E-state index in [1.807, 2.05) is 25.5 Å². The first-order chi connectivity index (χ1) is 13.8. The summed E-state index contributed by atoms with van der Waals surface area (Å²) in [6, 6.07) is 7.00. The number of carbonyl (C=O) groups excluding carboxylic acids is 2. The number of fused-ring (bicyclic) bond motifs is 1. The molecule has 3 aromatic rings. The Kier molecular flexibility index (Phi) is 6.32. The molecule has 2 heterocycles. The van der Waals surface area contributed by atoms with Crippen molar-refractivity contribution in [3.63, 3.8) is 0 Å². The molecule has 152 valence electrons. The molecule has 0 atom stereocenters. The van der Waals surface area contributed by atoms with E-state index >= 15 is 0 Å². The van der Waals surface area contributed by atoms with Gasteiger partial charge in [0, 0.05) is 15.9 Å². The van der Waals surface area contributed by atoms with Gasteiger partial charge in [0.15, 0.2) is 5.65 Å². The fraction of sp³-hybridized carbons (Fsp3) is 0.333. The predicted molar refractivity (Wildman–Crippen MR) is 115 cm³/mol. The minimum atomic E-state index is -0.480. The van der Waals surface area contributed by atoms with Crippen LogP contribution in [-0.4, -0.2) is 33.2 Å².